The minimum atomic E-state index is 0.409. The summed E-state index contributed by atoms with van der Waals surface area (Å²) in [5.74, 6) is 0.409. The Morgan fingerprint density at radius 2 is 1.94 bits per heavy atom. The van der Waals surface area contributed by atoms with E-state index in [0.29, 0.717) is 5.75 Å². The highest BCUT2D eigenvalue weighted by Crippen LogP contribution is 2.35. The fourth-order valence-electron chi connectivity index (χ4n) is 3.21. The molecule has 1 N–H and O–H groups in total. The van der Waals surface area contributed by atoms with Gasteiger partial charge in [-0.25, -0.2) is 0 Å². The van der Waals surface area contributed by atoms with Gasteiger partial charge in [0.05, 0.1) is 0 Å². The number of hydrogen-bond donors (Lipinski definition) is 1. The molecule has 0 amide bonds. The van der Waals surface area contributed by atoms with Gasteiger partial charge >= 0.3 is 0 Å². The Morgan fingerprint density at radius 1 is 1.12 bits per heavy atom. The molecule has 86 valence electrons. The largest absolute Gasteiger partial charge is 0.508 e. The van der Waals surface area contributed by atoms with E-state index in [1.54, 1.807) is 0 Å². The lowest BCUT2D eigenvalue weighted by Gasteiger charge is -2.36. The van der Waals surface area contributed by atoms with E-state index >= 15 is 0 Å². The Labute approximate surface area is 96.9 Å². The molecule has 2 heteroatoms. The van der Waals surface area contributed by atoms with E-state index in [1.165, 1.54) is 49.9 Å². The summed E-state index contributed by atoms with van der Waals surface area (Å²) in [5, 5.41) is 9.52. The Hall–Kier alpha value is -1.18. The molecule has 0 spiro atoms. The van der Waals surface area contributed by atoms with E-state index in [1.807, 2.05) is 12.1 Å². The van der Waals surface area contributed by atoms with Gasteiger partial charge in [-0.3, -0.25) is 0 Å². The second-order valence-electron chi connectivity index (χ2n) is 5.05. The molecule has 1 saturated carbocycles. The second-order valence-corrected chi connectivity index (χ2v) is 5.05. The predicted octanol–water partition coefficient (Wildman–Crippen LogP) is 3.09. The number of nitrogens with zero attached hydrogens (tertiary/aromatic N) is 1. The van der Waals surface area contributed by atoms with Crippen LogP contribution in [-0.2, 0) is 6.42 Å². The third kappa shape index (κ3) is 1.66. The van der Waals surface area contributed by atoms with E-state index in [2.05, 4.69) is 11.0 Å². The van der Waals surface area contributed by atoms with Gasteiger partial charge in [0.15, 0.2) is 0 Å². The molecule has 1 aliphatic carbocycles. The summed E-state index contributed by atoms with van der Waals surface area (Å²) in [6, 6.07) is 6.62. The summed E-state index contributed by atoms with van der Waals surface area (Å²) in [4.78, 5) is 2.57. The first-order valence-electron chi connectivity index (χ1n) is 6.43. The third-order valence-corrected chi connectivity index (χ3v) is 3.98. The van der Waals surface area contributed by atoms with Crippen LogP contribution in [0.3, 0.4) is 0 Å². The highest BCUT2D eigenvalue weighted by Gasteiger charge is 2.26. The van der Waals surface area contributed by atoms with Crippen molar-refractivity contribution in [3.05, 3.63) is 23.8 Å². The zero-order valence-corrected chi connectivity index (χ0v) is 9.65. The van der Waals surface area contributed by atoms with Crippen molar-refractivity contribution >= 4 is 5.69 Å². The fourth-order valence-corrected chi connectivity index (χ4v) is 3.21. The summed E-state index contributed by atoms with van der Waals surface area (Å²) >= 11 is 0. The topological polar surface area (TPSA) is 23.5 Å². The van der Waals surface area contributed by atoms with Crippen LogP contribution in [0.15, 0.2) is 18.2 Å². The van der Waals surface area contributed by atoms with E-state index < -0.39 is 0 Å². The summed E-state index contributed by atoms with van der Waals surface area (Å²) < 4.78 is 0. The highest BCUT2D eigenvalue weighted by atomic mass is 16.3. The van der Waals surface area contributed by atoms with Crippen molar-refractivity contribution in [1.29, 1.82) is 0 Å². The maximum atomic E-state index is 9.52. The van der Waals surface area contributed by atoms with E-state index in [-0.39, 0.29) is 0 Å². The first-order chi connectivity index (χ1) is 7.84. The van der Waals surface area contributed by atoms with Crippen molar-refractivity contribution < 1.29 is 5.11 Å². The molecule has 0 radical (unpaired) electrons. The van der Waals surface area contributed by atoms with Gasteiger partial charge in [0.2, 0.25) is 0 Å². The van der Waals surface area contributed by atoms with Crippen LogP contribution in [0.1, 0.15) is 37.7 Å². The second kappa shape index (κ2) is 4.00. The van der Waals surface area contributed by atoms with Crippen LogP contribution in [0, 0.1) is 0 Å². The lowest BCUT2D eigenvalue weighted by Crippen LogP contribution is -2.37. The number of anilines is 1. The van der Waals surface area contributed by atoms with Gasteiger partial charge in [-0.05, 0) is 49.4 Å². The molecule has 16 heavy (non-hydrogen) atoms. The highest BCUT2D eigenvalue weighted by molar-refractivity contribution is 5.58. The Balaban J connectivity index is 1.93. The van der Waals surface area contributed by atoms with Gasteiger partial charge in [-0.2, -0.15) is 0 Å². The molecule has 1 heterocycles. The molecule has 0 bridgehead atoms. The molecule has 2 nitrogen and oxygen atoms in total. The molecule has 1 fully saturated rings. The minimum Gasteiger partial charge on any atom is -0.508 e. The lowest BCUT2D eigenvalue weighted by molar-refractivity contribution is 0.473. The van der Waals surface area contributed by atoms with Crippen LogP contribution in [0.2, 0.25) is 0 Å². The van der Waals surface area contributed by atoms with Crippen LogP contribution in [-0.4, -0.2) is 17.7 Å². The molecular weight excluding hydrogens is 198 g/mol. The van der Waals surface area contributed by atoms with Gasteiger partial charge in [-0.1, -0.05) is 12.8 Å². The number of fused-ring (bicyclic) bond motifs is 1. The Kier molecular flexibility index (Phi) is 2.50. The predicted molar refractivity (Wildman–Crippen MR) is 66.0 cm³/mol. The minimum absolute atomic E-state index is 0.409. The van der Waals surface area contributed by atoms with Crippen LogP contribution in [0.4, 0.5) is 5.69 Å². The van der Waals surface area contributed by atoms with Crippen LogP contribution in [0.25, 0.3) is 0 Å². The van der Waals surface area contributed by atoms with Crippen molar-refractivity contribution in [3.63, 3.8) is 0 Å². The van der Waals surface area contributed by atoms with Crippen molar-refractivity contribution in [1.82, 2.24) is 0 Å². The molecule has 0 unspecified atom stereocenters. The first kappa shape index (κ1) is 10.0. The average Bonchev–Trinajstić information content (AvgIpc) is 2.81. The summed E-state index contributed by atoms with van der Waals surface area (Å²) in [5.41, 5.74) is 2.70. The standard InChI is InChI=1S/C14H19NO/c16-13-7-8-14-11(10-13)4-3-9-15(14)12-5-1-2-6-12/h7-8,10,12,16H,1-6,9H2. The SMILES string of the molecule is Oc1ccc2c(c1)CCCN2C1CCCC1. The van der Waals surface area contributed by atoms with Crippen molar-refractivity contribution in [2.45, 2.75) is 44.6 Å². The molecule has 0 saturated heterocycles. The number of aromatic hydroxyl groups is 1. The monoisotopic (exact) mass is 217 g/mol. The molecule has 0 aromatic heterocycles. The summed E-state index contributed by atoms with van der Waals surface area (Å²) in [7, 11) is 0. The number of phenolic OH excluding ortho intramolecular Hbond substituents is 1. The zero-order chi connectivity index (χ0) is 11.0. The van der Waals surface area contributed by atoms with Gasteiger partial charge in [0.1, 0.15) is 5.75 Å². The van der Waals surface area contributed by atoms with Crippen molar-refractivity contribution in [2.24, 2.45) is 0 Å². The first-order valence-corrected chi connectivity index (χ1v) is 6.43. The smallest absolute Gasteiger partial charge is 0.116 e. The average molecular weight is 217 g/mol. The molecule has 2 aliphatic rings. The summed E-state index contributed by atoms with van der Waals surface area (Å²) in [6.07, 6.45) is 7.81. The quantitative estimate of drug-likeness (QED) is 0.781. The number of aryl methyl sites for hydroxylation is 1. The van der Waals surface area contributed by atoms with E-state index in [4.69, 9.17) is 0 Å². The van der Waals surface area contributed by atoms with Crippen LogP contribution in [0.5, 0.6) is 5.75 Å². The van der Waals surface area contributed by atoms with Gasteiger partial charge < -0.3 is 10.0 Å². The van der Waals surface area contributed by atoms with E-state index in [9.17, 15) is 5.11 Å². The van der Waals surface area contributed by atoms with Gasteiger partial charge in [-0.15, -0.1) is 0 Å². The Bertz CT molecular complexity index is 382. The van der Waals surface area contributed by atoms with Gasteiger partial charge in [0.25, 0.3) is 0 Å². The maximum absolute atomic E-state index is 9.52. The molecule has 1 aliphatic heterocycles. The molecule has 1 aromatic carbocycles. The van der Waals surface area contributed by atoms with Crippen LogP contribution < -0.4 is 4.90 Å². The van der Waals surface area contributed by atoms with Crippen molar-refractivity contribution in [2.75, 3.05) is 11.4 Å². The molecule has 3 rings (SSSR count). The van der Waals surface area contributed by atoms with E-state index in [0.717, 1.165) is 12.5 Å². The molecular formula is C14H19NO. The lowest BCUT2D eigenvalue weighted by atomic mass is 9.99. The molecule has 1 aromatic rings. The number of benzene rings is 1. The number of rotatable bonds is 1. The third-order valence-electron chi connectivity index (χ3n) is 3.98. The normalized spacial score (nSPS) is 21.1. The zero-order valence-electron chi connectivity index (χ0n) is 9.65. The Morgan fingerprint density at radius 3 is 2.75 bits per heavy atom. The fraction of sp³-hybridized carbons (Fsp3) is 0.571. The molecule has 0 atom stereocenters. The van der Waals surface area contributed by atoms with Gasteiger partial charge in [0, 0.05) is 18.3 Å². The summed E-state index contributed by atoms with van der Waals surface area (Å²) in [6.45, 7) is 1.20. The number of hydrogen-bond acceptors (Lipinski definition) is 2. The van der Waals surface area contributed by atoms with Crippen LogP contribution >= 0.6 is 0 Å². The number of phenols is 1. The maximum Gasteiger partial charge on any atom is 0.116 e. The van der Waals surface area contributed by atoms with Crippen molar-refractivity contribution in [3.8, 4) is 5.75 Å².